The normalized spacial score (nSPS) is 10.3. The Labute approximate surface area is 112 Å². The van der Waals surface area contributed by atoms with Crippen LogP contribution in [0, 0.1) is 0 Å². The molecule has 0 unspecified atom stereocenters. The van der Waals surface area contributed by atoms with Gasteiger partial charge in [-0.1, -0.05) is 13.0 Å². The number of nitrogens with zero attached hydrogens (tertiary/aromatic N) is 1. The van der Waals surface area contributed by atoms with Crippen LogP contribution in [0.3, 0.4) is 0 Å². The second-order valence-electron chi connectivity index (χ2n) is 4.08. The lowest BCUT2D eigenvalue weighted by Crippen LogP contribution is -1.94. The maximum absolute atomic E-state index is 9.05. The Morgan fingerprint density at radius 1 is 1.16 bits per heavy atom. The Morgan fingerprint density at radius 3 is 2.68 bits per heavy atom. The fourth-order valence-corrected chi connectivity index (χ4v) is 1.75. The summed E-state index contributed by atoms with van der Waals surface area (Å²) in [5, 5.41) is 9.05. The van der Waals surface area contributed by atoms with Crippen molar-refractivity contribution in [3.05, 3.63) is 47.8 Å². The standard InChI is InChI=1S/C15H17NO3/c1-3-11-4-5-14(15(8-11)18-2)19-13-6-7-16-12(9-13)10-17/h4-9,17H,3,10H2,1-2H3. The molecule has 0 aliphatic carbocycles. The lowest BCUT2D eigenvalue weighted by Gasteiger charge is -2.11. The second kappa shape index (κ2) is 6.20. The van der Waals surface area contributed by atoms with E-state index in [2.05, 4.69) is 11.9 Å². The summed E-state index contributed by atoms with van der Waals surface area (Å²) in [4.78, 5) is 4.01. The monoisotopic (exact) mass is 259 g/mol. The number of hydrogen-bond donors (Lipinski definition) is 1. The molecule has 0 atom stereocenters. The van der Waals surface area contributed by atoms with Gasteiger partial charge in [-0.15, -0.1) is 0 Å². The van der Waals surface area contributed by atoms with Crippen LogP contribution in [-0.4, -0.2) is 17.2 Å². The third kappa shape index (κ3) is 3.23. The minimum atomic E-state index is -0.108. The van der Waals surface area contributed by atoms with E-state index in [9.17, 15) is 0 Å². The highest BCUT2D eigenvalue weighted by Gasteiger charge is 2.07. The molecule has 0 radical (unpaired) electrons. The fraction of sp³-hybridized carbons (Fsp3) is 0.267. The summed E-state index contributed by atoms with van der Waals surface area (Å²) in [6, 6.07) is 9.30. The van der Waals surface area contributed by atoms with Gasteiger partial charge in [-0.3, -0.25) is 4.98 Å². The molecule has 0 aliphatic heterocycles. The van der Waals surface area contributed by atoms with E-state index in [-0.39, 0.29) is 6.61 Å². The average molecular weight is 259 g/mol. The number of aliphatic hydroxyl groups excluding tert-OH is 1. The van der Waals surface area contributed by atoms with Gasteiger partial charge in [0, 0.05) is 12.3 Å². The van der Waals surface area contributed by atoms with Crippen LogP contribution in [0.1, 0.15) is 18.2 Å². The van der Waals surface area contributed by atoms with Crippen molar-refractivity contribution in [3.8, 4) is 17.2 Å². The van der Waals surface area contributed by atoms with Gasteiger partial charge < -0.3 is 14.6 Å². The summed E-state index contributed by atoms with van der Waals surface area (Å²) < 4.78 is 11.1. The van der Waals surface area contributed by atoms with Crippen LogP contribution in [0.2, 0.25) is 0 Å². The molecule has 0 amide bonds. The number of benzene rings is 1. The summed E-state index contributed by atoms with van der Waals surface area (Å²) in [5.41, 5.74) is 1.76. The Bertz CT molecular complexity index is 555. The molecular formula is C15H17NO3. The third-order valence-electron chi connectivity index (χ3n) is 2.81. The summed E-state index contributed by atoms with van der Waals surface area (Å²) in [6.07, 6.45) is 2.55. The molecule has 100 valence electrons. The van der Waals surface area contributed by atoms with Crippen LogP contribution in [0.25, 0.3) is 0 Å². The Morgan fingerprint density at radius 2 is 2.00 bits per heavy atom. The lowest BCUT2D eigenvalue weighted by molar-refractivity contribution is 0.276. The van der Waals surface area contributed by atoms with Crippen molar-refractivity contribution < 1.29 is 14.6 Å². The second-order valence-corrected chi connectivity index (χ2v) is 4.08. The first-order chi connectivity index (χ1) is 9.26. The molecule has 0 bridgehead atoms. The first-order valence-electron chi connectivity index (χ1n) is 6.17. The summed E-state index contributed by atoms with van der Waals surface area (Å²) in [6.45, 7) is 1.98. The van der Waals surface area contributed by atoms with Crippen LogP contribution in [0.15, 0.2) is 36.5 Å². The topological polar surface area (TPSA) is 51.6 Å². The van der Waals surface area contributed by atoms with E-state index in [0.717, 1.165) is 6.42 Å². The Hall–Kier alpha value is -2.07. The molecule has 2 rings (SSSR count). The van der Waals surface area contributed by atoms with E-state index in [1.54, 1.807) is 25.4 Å². The smallest absolute Gasteiger partial charge is 0.169 e. The zero-order valence-electron chi connectivity index (χ0n) is 11.1. The van der Waals surface area contributed by atoms with E-state index in [0.29, 0.717) is 22.9 Å². The molecule has 0 saturated carbocycles. The highest BCUT2D eigenvalue weighted by Crippen LogP contribution is 2.32. The maximum Gasteiger partial charge on any atom is 0.169 e. The zero-order chi connectivity index (χ0) is 13.7. The van der Waals surface area contributed by atoms with Crippen molar-refractivity contribution in [1.82, 2.24) is 4.98 Å². The molecule has 1 aromatic carbocycles. The number of rotatable bonds is 5. The largest absolute Gasteiger partial charge is 0.493 e. The maximum atomic E-state index is 9.05. The molecule has 1 aromatic heterocycles. The first kappa shape index (κ1) is 13.4. The molecule has 4 heteroatoms. The van der Waals surface area contributed by atoms with Gasteiger partial charge in [0.05, 0.1) is 19.4 Å². The van der Waals surface area contributed by atoms with Crippen molar-refractivity contribution >= 4 is 0 Å². The Balaban J connectivity index is 2.26. The SMILES string of the molecule is CCc1ccc(Oc2ccnc(CO)c2)c(OC)c1. The number of methoxy groups -OCH3 is 1. The summed E-state index contributed by atoms with van der Waals surface area (Å²) >= 11 is 0. The van der Waals surface area contributed by atoms with Gasteiger partial charge in [0.15, 0.2) is 11.5 Å². The van der Waals surface area contributed by atoms with Crippen LogP contribution in [0.4, 0.5) is 0 Å². The van der Waals surface area contributed by atoms with Gasteiger partial charge in [-0.05, 0) is 30.2 Å². The number of aryl methyl sites for hydroxylation is 1. The molecular weight excluding hydrogens is 242 g/mol. The molecule has 0 saturated heterocycles. The van der Waals surface area contributed by atoms with Crippen LogP contribution in [0.5, 0.6) is 17.2 Å². The molecule has 1 heterocycles. The van der Waals surface area contributed by atoms with E-state index >= 15 is 0 Å². The van der Waals surface area contributed by atoms with Crippen LogP contribution >= 0.6 is 0 Å². The minimum absolute atomic E-state index is 0.108. The molecule has 2 aromatic rings. The van der Waals surface area contributed by atoms with Crippen molar-refractivity contribution in [2.75, 3.05) is 7.11 Å². The molecule has 0 spiro atoms. The number of aromatic nitrogens is 1. The number of ether oxygens (including phenoxy) is 2. The Kier molecular flexibility index (Phi) is 4.36. The van der Waals surface area contributed by atoms with E-state index in [1.807, 2.05) is 18.2 Å². The van der Waals surface area contributed by atoms with Gasteiger partial charge in [0.1, 0.15) is 5.75 Å². The van der Waals surface area contributed by atoms with Crippen molar-refractivity contribution in [3.63, 3.8) is 0 Å². The third-order valence-corrected chi connectivity index (χ3v) is 2.81. The number of hydrogen-bond acceptors (Lipinski definition) is 4. The lowest BCUT2D eigenvalue weighted by atomic mass is 10.1. The highest BCUT2D eigenvalue weighted by molar-refractivity contribution is 5.45. The van der Waals surface area contributed by atoms with E-state index in [1.165, 1.54) is 5.56 Å². The molecule has 0 fully saturated rings. The van der Waals surface area contributed by atoms with E-state index < -0.39 is 0 Å². The fourth-order valence-electron chi connectivity index (χ4n) is 1.75. The van der Waals surface area contributed by atoms with Gasteiger partial charge in [0.2, 0.25) is 0 Å². The minimum Gasteiger partial charge on any atom is -0.493 e. The zero-order valence-corrected chi connectivity index (χ0v) is 11.1. The van der Waals surface area contributed by atoms with Crippen molar-refractivity contribution in [1.29, 1.82) is 0 Å². The number of aliphatic hydroxyl groups is 1. The average Bonchev–Trinajstić information content (AvgIpc) is 2.48. The summed E-state index contributed by atoms with van der Waals surface area (Å²) in [7, 11) is 1.62. The van der Waals surface area contributed by atoms with Crippen LogP contribution < -0.4 is 9.47 Å². The highest BCUT2D eigenvalue weighted by atomic mass is 16.5. The van der Waals surface area contributed by atoms with Crippen LogP contribution in [-0.2, 0) is 13.0 Å². The predicted molar refractivity (Wildman–Crippen MR) is 72.6 cm³/mol. The van der Waals surface area contributed by atoms with Gasteiger partial charge in [0.25, 0.3) is 0 Å². The van der Waals surface area contributed by atoms with Crippen molar-refractivity contribution in [2.24, 2.45) is 0 Å². The van der Waals surface area contributed by atoms with Gasteiger partial charge >= 0.3 is 0 Å². The molecule has 19 heavy (non-hydrogen) atoms. The molecule has 1 N–H and O–H groups in total. The number of pyridine rings is 1. The molecule has 0 aliphatic rings. The first-order valence-corrected chi connectivity index (χ1v) is 6.17. The van der Waals surface area contributed by atoms with E-state index in [4.69, 9.17) is 14.6 Å². The van der Waals surface area contributed by atoms with Gasteiger partial charge in [-0.25, -0.2) is 0 Å². The quantitative estimate of drug-likeness (QED) is 0.897. The van der Waals surface area contributed by atoms with Gasteiger partial charge in [-0.2, -0.15) is 0 Å². The predicted octanol–water partition coefficient (Wildman–Crippen LogP) is 2.94. The molecule has 4 nitrogen and oxygen atoms in total. The van der Waals surface area contributed by atoms with Crippen molar-refractivity contribution in [2.45, 2.75) is 20.0 Å². The summed E-state index contributed by atoms with van der Waals surface area (Å²) in [5.74, 6) is 1.97.